The van der Waals surface area contributed by atoms with Crippen molar-refractivity contribution in [3.05, 3.63) is 50.0 Å². The Kier molecular flexibility index (Phi) is 3.65. The number of pyridine rings is 1. The maximum atomic E-state index is 12.4. The predicted octanol–water partition coefficient (Wildman–Crippen LogP) is 1.57. The maximum Gasteiger partial charge on any atom is 0.291 e. The zero-order valence-corrected chi connectivity index (χ0v) is 13.3. The second-order valence-electron chi connectivity index (χ2n) is 5.02. The molecule has 0 atom stereocenters. The highest BCUT2D eigenvalue weighted by molar-refractivity contribution is 9.10. The van der Waals surface area contributed by atoms with Gasteiger partial charge in [-0.1, -0.05) is 0 Å². The number of nitrogens with zero attached hydrogens (tertiary/aromatic N) is 5. The average Bonchev–Trinajstić information content (AvgIpc) is 3.01. The van der Waals surface area contributed by atoms with Crippen LogP contribution in [-0.2, 0) is 31.4 Å². The Morgan fingerprint density at radius 3 is 2.91 bits per heavy atom. The first kappa shape index (κ1) is 14.6. The fourth-order valence-electron chi connectivity index (χ4n) is 2.48. The number of amides is 1. The van der Waals surface area contributed by atoms with Crippen molar-refractivity contribution in [3.8, 4) is 0 Å². The molecule has 3 rings (SSSR count). The maximum absolute atomic E-state index is 12.4. The summed E-state index contributed by atoms with van der Waals surface area (Å²) in [6, 6.07) is 2.84. The van der Waals surface area contributed by atoms with Crippen LogP contribution in [0.3, 0.4) is 0 Å². The number of aryl methyl sites for hydroxylation is 1. The summed E-state index contributed by atoms with van der Waals surface area (Å²) in [5.41, 5.74) is 2.02. The van der Waals surface area contributed by atoms with E-state index in [1.807, 2.05) is 7.05 Å². The van der Waals surface area contributed by atoms with Crippen molar-refractivity contribution in [1.82, 2.24) is 19.7 Å². The van der Waals surface area contributed by atoms with Crippen molar-refractivity contribution in [2.45, 2.75) is 19.5 Å². The molecule has 0 fully saturated rings. The molecular formula is C13H12BrN5O3. The fraction of sp³-hybridized carbons (Fsp3) is 0.308. The van der Waals surface area contributed by atoms with Crippen molar-refractivity contribution in [2.24, 2.45) is 7.05 Å². The number of rotatable bonds is 3. The van der Waals surface area contributed by atoms with Gasteiger partial charge in [0.2, 0.25) is 5.91 Å². The smallest absolute Gasteiger partial charge is 0.291 e. The number of hydrogen-bond acceptors (Lipinski definition) is 5. The van der Waals surface area contributed by atoms with Crippen LogP contribution in [0.25, 0.3) is 0 Å². The Hall–Kier alpha value is -2.29. The van der Waals surface area contributed by atoms with E-state index in [9.17, 15) is 14.9 Å². The second kappa shape index (κ2) is 5.48. The Bertz CT molecular complexity index is 773. The van der Waals surface area contributed by atoms with Crippen molar-refractivity contribution >= 4 is 27.5 Å². The van der Waals surface area contributed by atoms with E-state index in [0.717, 1.165) is 11.3 Å². The highest BCUT2D eigenvalue weighted by Crippen LogP contribution is 2.24. The molecule has 3 heterocycles. The van der Waals surface area contributed by atoms with E-state index in [2.05, 4.69) is 26.0 Å². The molecule has 2 aromatic heterocycles. The molecule has 2 aromatic rings. The lowest BCUT2D eigenvalue weighted by atomic mass is 10.2. The zero-order chi connectivity index (χ0) is 15.9. The van der Waals surface area contributed by atoms with Gasteiger partial charge < -0.3 is 4.90 Å². The number of nitro groups is 1. The van der Waals surface area contributed by atoms with Crippen LogP contribution in [0.15, 0.2) is 22.9 Å². The van der Waals surface area contributed by atoms with Crippen LogP contribution in [0, 0.1) is 10.1 Å². The summed E-state index contributed by atoms with van der Waals surface area (Å²) in [7, 11) is 1.83. The van der Waals surface area contributed by atoms with Gasteiger partial charge in [0.25, 0.3) is 5.69 Å². The molecule has 8 nitrogen and oxygen atoms in total. The molecule has 22 heavy (non-hydrogen) atoms. The highest BCUT2D eigenvalue weighted by atomic mass is 79.9. The molecule has 0 aliphatic carbocycles. The number of halogens is 1. The van der Waals surface area contributed by atoms with Gasteiger partial charge in [0.1, 0.15) is 10.3 Å². The molecule has 0 saturated carbocycles. The third-order valence-corrected chi connectivity index (χ3v) is 4.08. The molecular weight excluding hydrogens is 354 g/mol. The van der Waals surface area contributed by atoms with Gasteiger partial charge in [0, 0.05) is 25.2 Å². The van der Waals surface area contributed by atoms with E-state index in [4.69, 9.17) is 0 Å². The van der Waals surface area contributed by atoms with Gasteiger partial charge in [-0.15, -0.1) is 0 Å². The lowest BCUT2D eigenvalue weighted by molar-refractivity contribution is -0.385. The Morgan fingerprint density at radius 2 is 2.23 bits per heavy atom. The normalized spacial score (nSPS) is 13.3. The number of carbonyl (C=O) groups excluding carboxylic acids is 1. The molecule has 0 unspecified atom stereocenters. The van der Waals surface area contributed by atoms with Crippen molar-refractivity contribution in [2.75, 3.05) is 0 Å². The Morgan fingerprint density at radius 1 is 1.45 bits per heavy atom. The summed E-state index contributed by atoms with van der Waals surface area (Å²) >= 11 is 3.18. The largest absolute Gasteiger partial charge is 0.332 e. The van der Waals surface area contributed by atoms with E-state index in [0.29, 0.717) is 17.7 Å². The minimum Gasteiger partial charge on any atom is -0.332 e. The van der Waals surface area contributed by atoms with Crippen molar-refractivity contribution in [1.29, 1.82) is 0 Å². The standard InChI is InChI=1S/C13H12BrN5O3/c1-17-11-7-18(6-8(11)5-15-17)13(20)4-9-10(19(21)22)2-3-12(14)16-9/h2-3,5H,4,6-7H2,1H3. The van der Waals surface area contributed by atoms with E-state index in [-0.39, 0.29) is 23.7 Å². The van der Waals surface area contributed by atoms with E-state index in [1.165, 1.54) is 12.1 Å². The Balaban J connectivity index is 1.79. The first-order valence-corrected chi connectivity index (χ1v) is 7.32. The Labute approximate surface area is 134 Å². The topological polar surface area (TPSA) is 94.2 Å². The molecule has 0 N–H and O–H groups in total. The van der Waals surface area contributed by atoms with Crippen LogP contribution in [0.1, 0.15) is 17.0 Å². The minimum atomic E-state index is -0.523. The molecule has 0 aromatic carbocycles. The van der Waals surface area contributed by atoms with Gasteiger partial charge in [0.15, 0.2) is 0 Å². The average molecular weight is 366 g/mol. The second-order valence-corrected chi connectivity index (χ2v) is 5.84. The molecule has 9 heteroatoms. The van der Waals surface area contributed by atoms with Crippen LogP contribution >= 0.6 is 15.9 Å². The molecule has 1 aliphatic heterocycles. The third-order valence-electron chi connectivity index (χ3n) is 3.63. The SMILES string of the molecule is Cn1ncc2c1CN(C(=O)Cc1nc(Br)ccc1[N+](=O)[O-])C2. The number of carbonyl (C=O) groups is 1. The molecule has 1 aliphatic rings. The summed E-state index contributed by atoms with van der Waals surface area (Å²) < 4.78 is 2.21. The van der Waals surface area contributed by atoms with E-state index < -0.39 is 4.92 Å². The molecule has 114 valence electrons. The molecule has 0 spiro atoms. The fourth-order valence-corrected chi connectivity index (χ4v) is 2.83. The van der Waals surface area contributed by atoms with E-state index in [1.54, 1.807) is 15.8 Å². The summed E-state index contributed by atoms with van der Waals surface area (Å²) in [6.07, 6.45) is 1.64. The van der Waals surface area contributed by atoms with Crippen molar-refractivity contribution in [3.63, 3.8) is 0 Å². The van der Waals surface area contributed by atoms with Crippen LogP contribution in [0.2, 0.25) is 0 Å². The molecule has 0 radical (unpaired) electrons. The molecule has 1 amide bonds. The van der Waals surface area contributed by atoms with Crippen LogP contribution < -0.4 is 0 Å². The zero-order valence-electron chi connectivity index (χ0n) is 11.7. The van der Waals surface area contributed by atoms with Crippen molar-refractivity contribution < 1.29 is 9.72 Å². The monoisotopic (exact) mass is 365 g/mol. The number of fused-ring (bicyclic) bond motifs is 1. The highest BCUT2D eigenvalue weighted by Gasteiger charge is 2.28. The minimum absolute atomic E-state index is 0.100. The number of hydrogen-bond donors (Lipinski definition) is 0. The lowest BCUT2D eigenvalue weighted by Crippen LogP contribution is -2.28. The lowest BCUT2D eigenvalue weighted by Gasteiger charge is -2.15. The van der Waals surface area contributed by atoms with Crippen LogP contribution in [-0.4, -0.2) is 30.5 Å². The van der Waals surface area contributed by atoms with Gasteiger partial charge in [-0.05, 0) is 22.0 Å². The quantitative estimate of drug-likeness (QED) is 0.467. The third kappa shape index (κ3) is 2.59. The van der Waals surface area contributed by atoms with Gasteiger partial charge >= 0.3 is 0 Å². The molecule has 0 saturated heterocycles. The van der Waals surface area contributed by atoms with Gasteiger partial charge in [-0.2, -0.15) is 5.10 Å². The summed E-state index contributed by atoms with van der Waals surface area (Å²) in [5.74, 6) is -0.190. The van der Waals surface area contributed by atoms with Gasteiger partial charge in [0.05, 0.1) is 29.8 Å². The summed E-state index contributed by atoms with van der Waals surface area (Å²) in [6.45, 7) is 0.941. The number of aromatic nitrogens is 3. The predicted molar refractivity (Wildman–Crippen MR) is 79.8 cm³/mol. The van der Waals surface area contributed by atoms with Gasteiger partial charge in [-0.3, -0.25) is 19.6 Å². The summed E-state index contributed by atoms with van der Waals surface area (Å²) in [4.78, 5) is 28.6. The first-order valence-electron chi connectivity index (χ1n) is 6.53. The van der Waals surface area contributed by atoms with Crippen LogP contribution in [0.4, 0.5) is 5.69 Å². The summed E-state index contributed by atoms with van der Waals surface area (Å²) in [5, 5.41) is 15.2. The van der Waals surface area contributed by atoms with Crippen LogP contribution in [0.5, 0.6) is 0 Å². The van der Waals surface area contributed by atoms with Gasteiger partial charge in [-0.25, -0.2) is 4.98 Å². The van der Waals surface area contributed by atoms with E-state index >= 15 is 0 Å². The molecule has 0 bridgehead atoms. The first-order chi connectivity index (χ1) is 10.5.